The van der Waals surface area contributed by atoms with Crippen molar-refractivity contribution in [1.29, 1.82) is 0 Å². The first-order chi connectivity index (χ1) is 19.6. The minimum absolute atomic E-state index is 0.0204. The molecule has 0 bridgehead atoms. The smallest absolute Gasteiger partial charge is 0.306 e. The number of esters is 1. The second-order valence-corrected chi connectivity index (χ2v) is 13.3. The van der Waals surface area contributed by atoms with Crippen LogP contribution in [-0.2, 0) is 38.8 Å². The van der Waals surface area contributed by atoms with Gasteiger partial charge in [-0.2, -0.15) is 0 Å². The first-order valence-corrected chi connectivity index (χ1v) is 16.0. The number of fused-ring (bicyclic) bond motifs is 2. The Morgan fingerprint density at radius 3 is 2.66 bits per heavy atom. The Balaban J connectivity index is 1.41. The summed E-state index contributed by atoms with van der Waals surface area (Å²) in [6.07, 6.45) is 3.70. The van der Waals surface area contributed by atoms with Crippen LogP contribution < -0.4 is 4.74 Å². The summed E-state index contributed by atoms with van der Waals surface area (Å²) in [5, 5.41) is 0.833. The second kappa shape index (κ2) is 11.7. The number of hydrogen-bond donors (Lipinski definition) is 0. The molecule has 0 radical (unpaired) electrons. The van der Waals surface area contributed by atoms with Crippen molar-refractivity contribution in [2.45, 2.75) is 52.0 Å². The predicted molar refractivity (Wildman–Crippen MR) is 160 cm³/mol. The van der Waals surface area contributed by atoms with Crippen LogP contribution in [0.25, 0.3) is 22.0 Å². The van der Waals surface area contributed by atoms with E-state index in [0.29, 0.717) is 26.0 Å². The third kappa shape index (κ3) is 6.17. The molecule has 8 heteroatoms. The number of halogens is 1. The Hall–Kier alpha value is -3.65. The van der Waals surface area contributed by atoms with Crippen molar-refractivity contribution in [2.24, 2.45) is 0 Å². The van der Waals surface area contributed by atoms with Crippen molar-refractivity contribution in [3.63, 3.8) is 0 Å². The molecule has 0 N–H and O–H groups in total. The fourth-order valence-corrected chi connectivity index (χ4v) is 6.66. The van der Waals surface area contributed by atoms with Gasteiger partial charge in [-0.1, -0.05) is 30.3 Å². The number of carbonyl (C=O) groups is 1. The van der Waals surface area contributed by atoms with Crippen LogP contribution in [-0.4, -0.2) is 44.7 Å². The highest BCUT2D eigenvalue weighted by Gasteiger charge is 2.27. The van der Waals surface area contributed by atoms with Gasteiger partial charge in [0, 0.05) is 46.4 Å². The topological polar surface area (TPSA) is 74.6 Å². The number of methoxy groups -OCH3 is 1. The second-order valence-electron chi connectivity index (χ2n) is 11.0. The fourth-order valence-electron chi connectivity index (χ4n) is 6.00. The SMILES string of the molecule is COC(=O)C[C@@H]1COc2cc(CCc3cccc(-c4c(C)n(CCCS(C)(=O)=O)c5ccc(F)cc45)c3C)ccc21. The maximum atomic E-state index is 14.4. The molecule has 4 aromatic rings. The lowest BCUT2D eigenvalue weighted by Crippen LogP contribution is -2.09. The summed E-state index contributed by atoms with van der Waals surface area (Å²) >= 11 is 0. The number of hydrogen-bond acceptors (Lipinski definition) is 5. The van der Waals surface area contributed by atoms with Crippen molar-refractivity contribution < 1.29 is 27.1 Å². The van der Waals surface area contributed by atoms with Gasteiger partial charge in [0.15, 0.2) is 0 Å². The van der Waals surface area contributed by atoms with Crippen LogP contribution >= 0.6 is 0 Å². The molecule has 216 valence electrons. The van der Waals surface area contributed by atoms with E-state index in [1.807, 2.05) is 13.0 Å². The van der Waals surface area contributed by atoms with Crippen LogP contribution in [0.15, 0.2) is 54.6 Å². The Kier molecular flexibility index (Phi) is 8.23. The Morgan fingerprint density at radius 1 is 1.10 bits per heavy atom. The summed E-state index contributed by atoms with van der Waals surface area (Å²) in [6, 6.07) is 17.3. The molecule has 6 nitrogen and oxygen atoms in total. The third-order valence-electron chi connectivity index (χ3n) is 8.18. The minimum atomic E-state index is -3.07. The molecule has 2 heterocycles. The molecule has 0 saturated carbocycles. The number of benzene rings is 3. The van der Waals surface area contributed by atoms with Crippen molar-refractivity contribution in [2.75, 3.05) is 25.7 Å². The van der Waals surface area contributed by atoms with E-state index in [1.54, 1.807) is 12.1 Å². The van der Waals surface area contributed by atoms with Gasteiger partial charge in [0.1, 0.15) is 21.4 Å². The number of nitrogens with zero attached hydrogens (tertiary/aromatic N) is 1. The van der Waals surface area contributed by atoms with Gasteiger partial charge < -0.3 is 14.0 Å². The van der Waals surface area contributed by atoms with Crippen molar-refractivity contribution >= 4 is 26.7 Å². The fraction of sp³-hybridized carbons (Fsp3) is 0.364. The van der Waals surface area contributed by atoms with Crippen LogP contribution in [0.4, 0.5) is 4.39 Å². The minimum Gasteiger partial charge on any atom is -0.493 e. The predicted octanol–water partition coefficient (Wildman–Crippen LogP) is 6.32. The van der Waals surface area contributed by atoms with E-state index in [2.05, 4.69) is 41.8 Å². The van der Waals surface area contributed by atoms with Crippen LogP contribution in [0.5, 0.6) is 5.75 Å². The molecule has 41 heavy (non-hydrogen) atoms. The average molecular weight is 578 g/mol. The van der Waals surface area contributed by atoms with Gasteiger partial charge in [-0.05, 0) is 79.6 Å². The van der Waals surface area contributed by atoms with Crippen molar-refractivity contribution in [3.05, 3.63) is 88.4 Å². The Labute approximate surface area is 241 Å². The number of rotatable bonds is 10. The van der Waals surface area contributed by atoms with Gasteiger partial charge in [0.05, 0.1) is 25.9 Å². The van der Waals surface area contributed by atoms with Crippen LogP contribution in [0, 0.1) is 19.7 Å². The standard InChI is InChI=1S/C33H36FNO5S/c1-21-24(11-9-23-10-13-28-25(18-32(36)39-3)20-40-31(28)17-23)7-5-8-27(21)33-22(2)35(15-6-16-41(4,37)38)30-14-12-26(34)19-29(30)33/h5,7-8,10,12-14,17,19,25H,6,9,11,15-16,18,20H2,1-4H3/t25-/m1/s1. The molecule has 0 unspecified atom stereocenters. The molecule has 0 saturated heterocycles. The van der Waals surface area contributed by atoms with Crippen LogP contribution in [0.1, 0.15) is 46.7 Å². The number of aryl methyl sites for hydroxylation is 3. The number of aromatic nitrogens is 1. The van der Waals surface area contributed by atoms with E-state index >= 15 is 0 Å². The quantitative estimate of drug-likeness (QED) is 0.206. The molecule has 0 spiro atoms. The zero-order valence-corrected chi connectivity index (χ0v) is 24.8. The van der Waals surface area contributed by atoms with Gasteiger partial charge in [0.25, 0.3) is 0 Å². The largest absolute Gasteiger partial charge is 0.493 e. The van der Waals surface area contributed by atoms with Gasteiger partial charge in [0.2, 0.25) is 0 Å². The maximum Gasteiger partial charge on any atom is 0.306 e. The summed E-state index contributed by atoms with van der Waals surface area (Å²) in [4.78, 5) is 11.7. The maximum absolute atomic E-state index is 14.4. The normalized spacial score (nSPS) is 14.7. The first-order valence-electron chi connectivity index (χ1n) is 13.9. The van der Waals surface area contributed by atoms with Gasteiger partial charge in [-0.3, -0.25) is 4.79 Å². The van der Waals surface area contributed by atoms with Gasteiger partial charge in [-0.25, -0.2) is 12.8 Å². The van der Waals surface area contributed by atoms with Gasteiger partial charge in [-0.15, -0.1) is 0 Å². The third-order valence-corrected chi connectivity index (χ3v) is 9.21. The lowest BCUT2D eigenvalue weighted by molar-refractivity contribution is -0.141. The number of sulfone groups is 1. The summed E-state index contributed by atoms with van der Waals surface area (Å²) in [6.45, 7) is 5.16. The number of ether oxygens (including phenoxy) is 2. The molecular weight excluding hydrogens is 541 g/mol. The zero-order chi connectivity index (χ0) is 29.3. The highest BCUT2D eigenvalue weighted by Crippen LogP contribution is 2.39. The summed E-state index contributed by atoms with van der Waals surface area (Å²) in [5.74, 6) is 0.432. The molecule has 1 aliphatic rings. The highest BCUT2D eigenvalue weighted by molar-refractivity contribution is 7.90. The molecule has 1 aromatic heterocycles. The van der Waals surface area contributed by atoms with E-state index in [1.165, 1.54) is 25.0 Å². The van der Waals surface area contributed by atoms with Crippen LogP contribution in [0.3, 0.4) is 0 Å². The summed E-state index contributed by atoms with van der Waals surface area (Å²) in [7, 11) is -1.66. The van der Waals surface area contributed by atoms with Crippen molar-refractivity contribution in [3.8, 4) is 16.9 Å². The number of carbonyl (C=O) groups excluding carboxylic acids is 1. The van der Waals surface area contributed by atoms with E-state index in [-0.39, 0.29) is 23.5 Å². The van der Waals surface area contributed by atoms with Crippen molar-refractivity contribution in [1.82, 2.24) is 4.57 Å². The van der Waals surface area contributed by atoms with E-state index in [9.17, 15) is 17.6 Å². The molecule has 0 amide bonds. The lowest BCUT2D eigenvalue weighted by atomic mass is 9.91. The van der Waals surface area contributed by atoms with E-state index < -0.39 is 9.84 Å². The molecule has 0 fully saturated rings. The first kappa shape index (κ1) is 28.9. The molecule has 1 aliphatic heterocycles. The van der Waals surface area contributed by atoms with Gasteiger partial charge >= 0.3 is 5.97 Å². The molecule has 5 rings (SSSR count). The van der Waals surface area contributed by atoms with E-state index in [0.717, 1.165) is 63.0 Å². The molecule has 1 atom stereocenters. The average Bonchev–Trinajstić information content (AvgIpc) is 3.44. The molecular formula is C33H36FNO5S. The zero-order valence-electron chi connectivity index (χ0n) is 24.0. The molecule has 0 aliphatic carbocycles. The van der Waals surface area contributed by atoms with Crippen LogP contribution in [0.2, 0.25) is 0 Å². The monoisotopic (exact) mass is 577 g/mol. The Bertz CT molecular complexity index is 1720. The summed E-state index contributed by atoms with van der Waals surface area (Å²) in [5.41, 5.74) is 8.51. The van der Waals surface area contributed by atoms with E-state index in [4.69, 9.17) is 9.47 Å². The highest BCUT2D eigenvalue weighted by atomic mass is 32.2. The lowest BCUT2D eigenvalue weighted by Gasteiger charge is -2.14. The summed E-state index contributed by atoms with van der Waals surface area (Å²) < 4.78 is 50.7. The molecule has 3 aromatic carbocycles. The Morgan fingerprint density at radius 2 is 1.90 bits per heavy atom.